The Morgan fingerprint density at radius 2 is 0.632 bits per heavy atom. The van der Waals surface area contributed by atoms with Crippen LogP contribution in [0, 0.1) is 0 Å². The van der Waals surface area contributed by atoms with E-state index in [1.54, 1.807) is 9.59 Å². The molecule has 11 aromatic rings. The lowest BCUT2D eigenvalue weighted by Gasteiger charge is -2.25. The zero-order valence-corrected chi connectivity index (χ0v) is 30.5. The van der Waals surface area contributed by atoms with Gasteiger partial charge in [0.05, 0.1) is 11.4 Å². The van der Waals surface area contributed by atoms with Crippen LogP contribution in [0.4, 0.5) is 34.1 Å². The second-order valence-electron chi connectivity index (χ2n) is 13.8. The fraction of sp³-hybridized carbons (Fsp3) is 0. The van der Waals surface area contributed by atoms with Gasteiger partial charge in [0, 0.05) is 57.0 Å². The summed E-state index contributed by atoms with van der Waals surface area (Å²) in [4.78, 5) is 7.84. The molecule has 0 atom stereocenters. The molecule has 0 aliphatic carbocycles. The van der Waals surface area contributed by atoms with Crippen LogP contribution < -0.4 is 9.80 Å². The molecular formula is C48H32N8O. The average molecular weight is 737 g/mol. The van der Waals surface area contributed by atoms with E-state index in [-0.39, 0.29) is 0 Å². The van der Waals surface area contributed by atoms with E-state index in [1.165, 1.54) is 0 Å². The van der Waals surface area contributed by atoms with E-state index in [2.05, 4.69) is 139 Å². The number of benzene rings is 8. The lowest BCUT2D eigenvalue weighted by Crippen LogP contribution is -2.10. The first kappa shape index (κ1) is 32.4. The number of furan rings is 1. The summed E-state index contributed by atoms with van der Waals surface area (Å²) in [7, 11) is 0. The molecule has 9 heteroatoms. The van der Waals surface area contributed by atoms with Crippen LogP contribution in [0.15, 0.2) is 199 Å². The predicted molar refractivity (Wildman–Crippen MR) is 228 cm³/mol. The highest BCUT2D eigenvalue weighted by molar-refractivity contribution is 6.07. The topological polar surface area (TPSA) is 81.0 Å². The molecule has 0 spiro atoms. The fourth-order valence-electron chi connectivity index (χ4n) is 7.50. The van der Waals surface area contributed by atoms with Crippen LogP contribution in [0.3, 0.4) is 0 Å². The van der Waals surface area contributed by atoms with E-state index in [0.29, 0.717) is 0 Å². The van der Waals surface area contributed by atoms with Gasteiger partial charge < -0.3 is 14.2 Å². The number of para-hydroxylation sites is 2. The van der Waals surface area contributed by atoms with E-state index in [1.807, 2.05) is 84.9 Å². The minimum absolute atomic E-state index is 0.805. The molecule has 0 radical (unpaired) electrons. The smallest absolute Gasteiger partial charge is 0.137 e. The average Bonchev–Trinajstić information content (AvgIpc) is 4.00. The van der Waals surface area contributed by atoms with Crippen LogP contribution in [0.2, 0.25) is 0 Å². The van der Waals surface area contributed by atoms with Crippen molar-refractivity contribution in [3.05, 3.63) is 194 Å². The zero-order chi connectivity index (χ0) is 37.7. The van der Waals surface area contributed by atoms with Crippen molar-refractivity contribution in [1.29, 1.82) is 0 Å². The fourth-order valence-corrected chi connectivity index (χ4v) is 7.50. The number of fused-ring (bicyclic) bond motifs is 5. The maximum Gasteiger partial charge on any atom is 0.137 e. The Bertz CT molecular complexity index is 2910. The number of hydrogen-bond acceptors (Lipinski definition) is 7. The Balaban J connectivity index is 0.955. The summed E-state index contributed by atoms with van der Waals surface area (Å²) in [6.07, 6.45) is 0. The normalized spacial score (nSPS) is 11.5. The summed E-state index contributed by atoms with van der Waals surface area (Å²) in [5, 5.41) is 20.8. The minimum atomic E-state index is 0.805. The van der Waals surface area contributed by atoms with Crippen molar-refractivity contribution >= 4 is 78.1 Å². The van der Waals surface area contributed by atoms with Crippen molar-refractivity contribution in [2.75, 3.05) is 9.80 Å². The molecule has 0 aliphatic rings. The van der Waals surface area contributed by atoms with Crippen LogP contribution >= 0.6 is 0 Å². The van der Waals surface area contributed by atoms with Crippen LogP contribution in [0.1, 0.15) is 0 Å². The van der Waals surface area contributed by atoms with Gasteiger partial charge >= 0.3 is 0 Å². The quantitative estimate of drug-likeness (QED) is 0.154. The molecule has 3 heterocycles. The summed E-state index contributed by atoms with van der Waals surface area (Å²) in [6.45, 7) is 0. The number of anilines is 6. The van der Waals surface area contributed by atoms with Gasteiger partial charge in [-0.15, -0.1) is 20.4 Å². The van der Waals surface area contributed by atoms with Crippen molar-refractivity contribution in [3.63, 3.8) is 0 Å². The third kappa shape index (κ3) is 5.82. The molecular weight excluding hydrogens is 705 g/mol. The second-order valence-corrected chi connectivity index (χ2v) is 13.8. The van der Waals surface area contributed by atoms with E-state index >= 15 is 0 Å². The van der Waals surface area contributed by atoms with Gasteiger partial charge in [-0.2, -0.15) is 9.59 Å². The van der Waals surface area contributed by atoms with Gasteiger partial charge in [0.2, 0.25) is 0 Å². The predicted octanol–water partition coefficient (Wildman–Crippen LogP) is 12.0. The third-order valence-electron chi connectivity index (χ3n) is 10.2. The zero-order valence-electron chi connectivity index (χ0n) is 30.5. The maximum absolute atomic E-state index is 6.70. The number of hydrogen-bond donors (Lipinski definition) is 0. The standard InChI is InChI=1S/C48H32N8O/c1-3-11-33(12-4-1)53(35-19-23-37(24-20-35)55-49-43-15-7-8-16-44(43)50-55)39-27-29-41-42-30-28-40(32-48(42)57-47(41)31-39)54(34-13-5-2-6-14-34)36-21-25-38(26-22-36)56-51-45-17-9-10-18-46(45)52-56/h1-32H. The van der Waals surface area contributed by atoms with E-state index in [0.717, 1.165) is 89.5 Å². The summed E-state index contributed by atoms with van der Waals surface area (Å²) in [6, 6.07) is 66.0. The molecule has 11 rings (SSSR count). The van der Waals surface area contributed by atoms with E-state index in [9.17, 15) is 0 Å². The Kier molecular flexibility index (Phi) is 7.60. The Hall–Kier alpha value is -8.04. The first-order valence-corrected chi connectivity index (χ1v) is 18.7. The van der Waals surface area contributed by atoms with Crippen molar-refractivity contribution in [3.8, 4) is 11.4 Å². The lowest BCUT2D eigenvalue weighted by molar-refractivity contribution is 0.669. The van der Waals surface area contributed by atoms with Crippen molar-refractivity contribution in [2.24, 2.45) is 0 Å². The highest BCUT2D eigenvalue weighted by Crippen LogP contribution is 2.41. The largest absolute Gasteiger partial charge is 0.456 e. The molecule has 0 N–H and O–H groups in total. The Morgan fingerprint density at radius 3 is 1.00 bits per heavy atom. The summed E-state index contributed by atoms with van der Waals surface area (Å²) >= 11 is 0. The van der Waals surface area contributed by atoms with Crippen molar-refractivity contribution < 1.29 is 4.42 Å². The van der Waals surface area contributed by atoms with Crippen LogP contribution in [0.5, 0.6) is 0 Å². The molecule has 270 valence electrons. The van der Waals surface area contributed by atoms with Gasteiger partial charge in [0.1, 0.15) is 33.2 Å². The number of nitrogens with zero attached hydrogens (tertiary/aromatic N) is 8. The van der Waals surface area contributed by atoms with Gasteiger partial charge in [0.15, 0.2) is 0 Å². The van der Waals surface area contributed by atoms with E-state index < -0.39 is 0 Å². The molecule has 57 heavy (non-hydrogen) atoms. The first-order valence-electron chi connectivity index (χ1n) is 18.7. The summed E-state index contributed by atoms with van der Waals surface area (Å²) in [5.41, 5.74) is 12.8. The molecule has 0 unspecified atom stereocenters. The summed E-state index contributed by atoms with van der Waals surface area (Å²) in [5.74, 6) is 0. The molecule has 0 saturated heterocycles. The van der Waals surface area contributed by atoms with Gasteiger partial charge in [-0.3, -0.25) is 0 Å². The number of rotatable bonds is 8. The molecule has 0 bridgehead atoms. The molecule has 9 nitrogen and oxygen atoms in total. The monoisotopic (exact) mass is 736 g/mol. The molecule has 0 amide bonds. The molecule has 3 aromatic heterocycles. The second kappa shape index (κ2) is 13.4. The molecule has 8 aromatic carbocycles. The van der Waals surface area contributed by atoms with Crippen molar-refractivity contribution in [1.82, 2.24) is 30.0 Å². The van der Waals surface area contributed by atoms with Crippen LogP contribution in [-0.4, -0.2) is 30.0 Å². The van der Waals surface area contributed by atoms with Crippen molar-refractivity contribution in [2.45, 2.75) is 0 Å². The Labute approximate surface area is 326 Å². The maximum atomic E-state index is 6.70. The molecule has 0 aliphatic heterocycles. The molecule has 0 saturated carbocycles. The minimum Gasteiger partial charge on any atom is -0.456 e. The molecule has 0 fully saturated rings. The summed E-state index contributed by atoms with van der Waals surface area (Å²) < 4.78 is 6.70. The van der Waals surface area contributed by atoms with Gasteiger partial charge in [-0.1, -0.05) is 60.7 Å². The van der Waals surface area contributed by atoms with Crippen LogP contribution in [-0.2, 0) is 0 Å². The first-order chi connectivity index (χ1) is 28.2. The third-order valence-corrected chi connectivity index (χ3v) is 10.2. The highest BCUT2D eigenvalue weighted by Gasteiger charge is 2.19. The SMILES string of the molecule is c1ccc(N(c2ccc(-n3nc4ccccc4n3)cc2)c2ccc3c(c2)oc2cc(N(c4ccccc4)c4ccc(-n5nc6ccccc6n5)cc4)ccc23)cc1. The lowest BCUT2D eigenvalue weighted by atomic mass is 10.1. The van der Waals surface area contributed by atoms with Gasteiger partial charge in [0.25, 0.3) is 0 Å². The number of aromatic nitrogens is 6. The highest BCUT2D eigenvalue weighted by atomic mass is 16.3. The van der Waals surface area contributed by atoms with E-state index in [4.69, 9.17) is 4.42 Å². The van der Waals surface area contributed by atoms with Crippen LogP contribution in [0.25, 0.3) is 55.4 Å². The Morgan fingerprint density at radius 1 is 0.316 bits per heavy atom. The van der Waals surface area contributed by atoms with Gasteiger partial charge in [-0.05, 0) is 121 Å². The van der Waals surface area contributed by atoms with Gasteiger partial charge in [-0.25, -0.2) is 0 Å².